The van der Waals surface area contributed by atoms with Crippen LogP contribution >= 0.6 is 11.6 Å². The fourth-order valence-electron chi connectivity index (χ4n) is 1.36. The quantitative estimate of drug-likeness (QED) is 0.736. The number of anilines is 1. The number of nitrogens with two attached hydrogens (primary N) is 1. The molecule has 1 saturated heterocycles. The van der Waals surface area contributed by atoms with E-state index in [0.717, 1.165) is 12.2 Å². The summed E-state index contributed by atoms with van der Waals surface area (Å²) >= 11 is 5.64. The summed E-state index contributed by atoms with van der Waals surface area (Å²) in [5, 5.41) is 0.167. The van der Waals surface area contributed by atoms with Gasteiger partial charge in [0.1, 0.15) is 5.82 Å². The molecule has 1 aromatic carbocycles. The van der Waals surface area contributed by atoms with E-state index in [4.69, 9.17) is 17.3 Å². The van der Waals surface area contributed by atoms with E-state index < -0.39 is 0 Å². The molecule has 0 amide bonds. The van der Waals surface area contributed by atoms with Crippen molar-refractivity contribution in [1.82, 2.24) is 0 Å². The summed E-state index contributed by atoms with van der Waals surface area (Å²) in [4.78, 5) is 2.09. The highest BCUT2D eigenvalue weighted by atomic mass is 35.5. The molecular formula is C9H10ClFN2. The molecule has 0 aromatic heterocycles. The van der Waals surface area contributed by atoms with E-state index in [2.05, 4.69) is 4.90 Å². The maximum atomic E-state index is 12.8. The summed E-state index contributed by atoms with van der Waals surface area (Å²) in [6.07, 6.45) is 0. The second-order valence-electron chi connectivity index (χ2n) is 3.14. The van der Waals surface area contributed by atoms with Gasteiger partial charge in [0.25, 0.3) is 0 Å². The standard InChI is InChI=1S/C9H10ClFN2/c10-8-3-6(1-2-9(8)11)13-5-7(13)4-12/h1-3,7H,4-5,12H2. The summed E-state index contributed by atoms with van der Waals surface area (Å²) in [6.45, 7) is 1.58. The molecule has 1 aliphatic heterocycles. The number of halogens is 2. The molecule has 0 spiro atoms. The number of nitrogens with zero attached hydrogens (tertiary/aromatic N) is 1. The summed E-state index contributed by atoms with van der Waals surface area (Å²) in [6, 6.07) is 5.13. The van der Waals surface area contributed by atoms with Crippen molar-refractivity contribution in [3.05, 3.63) is 29.0 Å². The van der Waals surface area contributed by atoms with E-state index in [0.29, 0.717) is 12.6 Å². The zero-order chi connectivity index (χ0) is 9.42. The zero-order valence-electron chi connectivity index (χ0n) is 7.00. The minimum absolute atomic E-state index is 0.167. The van der Waals surface area contributed by atoms with Gasteiger partial charge in [0.2, 0.25) is 0 Å². The lowest BCUT2D eigenvalue weighted by Crippen LogP contribution is -2.11. The van der Waals surface area contributed by atoms with Gasteiger partial charge in [0.05, 0.1) is 11.1 Å². The Morgan fingerprint density at radius 1 is 1.62 bits per heavy atom. The average molecular weight is 201 g/mol. The van der Waals surface area contributed by atoms with Crippen LogP contribution in [0.4, 0.5) is 10.1 Å². The Bertz CT molecular complexity index is 329. The number of hydrogen-bond acceptors (Lipinski definition) is 2. The van der Waals surface area contributed by atoms with Crippen LogP contribution in [0.1, 0.15) is 0 Å². The van der Waals surface area contributed by atoms with E-state index in [9.17, 15) is 4.39 Å². The highest BCUT2D eigenvalue weighted by molar-refractivity contribution is 6.31. The van der Waals surface area contributed by atoms with Gasteiger partial charge in [-0.3, -0.25) is 0 Å². The first-order valence-electron chi connectivity index (χ1n) is 4.14. The number of benzene rings is 1. The fraction of sp³-hybridized carbons (Fsp3) is 0.333. The van der Waals surface area contributed by atoms with Gasteiger partial charge in [-0.25, -0.2) is 4.39 Å². The fourth-order valence-corrected chi connectivity index (χ4v) is 1.54. The van der Waals surface area contributed by atoms with Crippen molar-refractivity contribution in [3.63, 3.8) is 0 Å². The molecule has 1 unspecified atom stereocenters. The molecule has 1 heterocycles. The van der Waals surface area contributed by atoms with Crippen LogP contribution in [0.3, 0.4) is 0 Å². The Morgan fingerprint density at radius 2 is 2.38 bits per heavy atom. The van der Waals surface area contributed by atoms with Crippen LogP contribution in [0.5, 0.6) is 0 Å². The maximum Gasteiger partial charge on any atom is 0.141 e. The highest BCUT2D eigenvalue weighted by Crippen LogP contribution is 2.30. The van der Waals surface area contributed by atoms with Crippen LogP contribution in [0.25, 0.3) is 0 Å². The van der Waals surface area contributed by atoms with Crippen LogP contribution in [0.15, 0.2) is 18.2 Å². The summed E-state index contributed by atoms with van der Waals surface area (Å²) < 4.78 is 12.8. The van der Waals surface area contributed by atoms with Crippen LogP contribution in [-0.2, 0) is 0 Å². The van der Waals surface area contributed by atoms with E-state index >= 15 is 0 Å². The van der Waals surface area contributed by atoms with Crippen molar-refractivity contribution in [2.75, 3.05) is 18.0 Å². The molecule has 0 radical (unpaired) electrons. The molecule has 1 atom stereocenters. The van der Waals surface area contributed by atoms with Crippen molar-refractivity contribution in [3.8, 4) is 0 Å². The second kappa shape index (κ2) is 3.16. The van der Waals surface area contributed by atoms with E-state index in [1.54, 1.807) is 12.1 Å². The van der Waals surface area contributed by atoms with Crippen molar-refractivity contribution in [1.29, 1.82) is 0 Å². The number of rotatable bonds is 2. The van der Waals surface area contributed by atoms with Gasteiger partial charge in [-0.05, 0) is 18.2 Å². The Morgan fingerprint density at radius 3 is 2.92 bits per heavy atom. The van der Waals surface area contributed by atoms with E-state index in [-0.39, 0.29) is 10.8 Å². The van der Waals surface area contributed by atoms with Gasteiger partial charge in [-0.2, -0.15) is 0 Å². The van der Waals surface area contributed by atoms with Crippen LogP contribution < -0.4 is 10.6 Å². The Hall–Kier alpha value is -0.800. The van der Waals surface area contributed by atoms with Crippen molar-refractivity contribution in [2.24, 2.45) is 5.73 Å². The molecule has 2 N–H and O–H groups in total. The lowest BCUT2D eigenvalue weighted by molar-refractivity contribution is 0.628. The Labute approximate surface area is 81.1 Å². The largest absolute Gasteiger partial charge is 0.363 e. The van der Waals surface area contributed by atoms with Gasteiger partial charge >= 0.3 is 0 Å². The van der Waals surface area contributed by atoms with Crippen LogP contribution in [-0.4, -0.2) is 19.1 Å². The molecule has 2 rings (SSSR count). The Balaban J connectivity index is 2.19. The topological polar surface area (TPSA) is 29.0 Å². The first-order chi connectivity index (χ1) is 6.22. The van der Waals surface area contributed by atoms with Gasteiger partial charge < -0.3 is 10.6 Å². The van der Waals surface area contributed by atoms with Gasteiger partial charge in [0.15, 0.2) is 0 Å². The minimum atomic E-state index is -0.378. The van der Waals surface area contributed by atoms with Crippen molar-refractivity contribution < 1.29 is 4.39 Å². The predicted molar refractivity (Wildman–Crippen MR) is 51.6 cm³/mol. The summed E-state index contributed by atoms with van der Waals surface area (Å²) in [5.74, 6) is -0.378. The van der Waals surface area contributed by atoms with Gasteiger partial charge in [-0.1, -0.05) is 11.6 Å². The highest BCUT2D eigenvalue weighted by Gasteiger charge is 2.32. The SMILES string of the molecule is NCC1CN1c1ccc(F)c(Cl)c1. The first-order valence-corrected chi connectivity index (χ1v) is 4.52. The molecule has 13 heavy (non-hydrogen) atoms. The van der Waals surface area contributed by atoms with Crippen LogP contribution in [0, 0.1) is 5.82 Å². The van der Waals surface area contributed by atoms with Crippen LogP contribution in [0.2, 0.25) is 5.02 Å². The molecular weight excluding hydrogens is 191 g/mol. The first kappa shape index (κ1) is 8.78. The zero-order valence-corrected chi connectivity index (χ0v) is 7.76. The molecule has 1 fully saturated rings. The van der Waals surface area contributed by atoms with Gasteiger partial charge in [-0.15, -0.1) is 0 Å². The molecule has 0 aliphatic carbocycles. The van der Waals surface area contributed by atoms with E-state index in [1.807, 2.05) is 0 Å². The smallest absolute Gasteiger partial charge is 0.141 e. The minimum Gasteiger partial charge on any atom is -0.363 e. The third kappa shape index (κ3) is 1.62. The third-order valence-electron chi connectivity index (χ3n) is 2.22. The molecule has 0 saturated carbocycles. The average Bonchev–Trinajstić information content (AvgIpc) is 2.88. The maximum absolute atomic E-state index is 12.8. The molecule has 4 heteroatoms. The monoisotopic (exact) mass is 200 g/mol. The van der Waals surface area contributed by atoms with Crippen molar-refractivity contribution >= 4 is 17.3 Å². The van der Waals surface area contributed by atoms with E-state index in [1.165, 1.54) is 6.07 Å². The summed E-state index contributed by atoms with van der Waals surface area (Å²) in [5.41, 5.74) is 6.43. The molecule has 1 aromatic rings. The lowest BCUT2D eigenvalue weighted by Gasteiger charge is -2.04. The van der Waals surface area contributed by atoms with Gasteiger partial charge in [0, 0.05) is 18.8 Å². The summed E-state index contributed by atoms with van der Waals surface area (Å²) in [7, 11) is 0. The lowest BCUT2D eigenvalue weighted by atomic mass is 10.3. The molecule has 1 aliphatic rings. The predicted octanol–water partition coefficient (Wildman–Crippen LogP) is 1.63. The third-order valence-corrected chi connectivity index (χ3v) is 2.51. The second-order valence-corrected chi connectivity index (χ2v) is 3.55. The molecule has 2 nitrogen and oxygen atoms in total. The number of hydrogen-bond donors (Lipinski definition) is 1. The normalized spacial score (nSPS) is 20.5. The molecule has 70 valence electrons. The Kier molecular flexibility index (Phi) is 2.14. The molecule has 0 bridgehead atoms. The van der Waals surface area contributed by atoms with Crippen molar-refractivity contribution in [2.45, 2.75) is 6.04 Å².